The van der Waals surface area contributed by atoms with Gasteiger partial charge in [0.25, 0.3) is 0 Å². The van der Waals surface area contributed by atoms with Gasteiger partial charge in [0, 0.05) is 45.0 Å². The molecule has 1 aromatic heterocycles. The molecule has 0 aromatic carbocycles. The van der Waals surface area contributed by atoms with Crippen molar-refractivity contribution >= 4 is 5.84 Å². The Hall–Kier alpha value is -1.46. The lowest BCUT2D eigenvalue weighted by Crippen LogP contribution is -2.48. The Kier molecular flexibility index (Phi) is 4.50. The third kappa shape index (κ3) is 3.75. The minimum Gasteiger partial charge on any atom is -0.382 e. The van der Waals surface area contributed by atoms with E-state index in [0.29, 0.717) is 11.7 Å². The SMILES string of the molecule is CC(C)N1CCN(Cc2ccnc(C(=N)N)c2)CC1. The summed E-state index contributed by atoms with van der Waals surface area (Å²) in [6.45, 7) is 9.85. The summed E-state index contributed by atoms with van der Waals surface area (Å²) in [6.07, 6.45) is 1.73. The maximum Gasteiger partial charge on any atom is 0.141 e. The van der Waals surface area contributed by atoms with Crippen molar-refractivity contribution in [2.75, 3.05) is 26.2 Å². The maximum atomic E-state index is 7.42. The summed E-state index contributed by atoms with van der Waals surface area (Å²) < 4.78 is 0. The van der Waals surface area contributed by atoms with Gasteiger partial charge in [-0.25, -0.2) is 0 Å². The molecular weight excluding hydrogens is 238 g/mol. The number of nitrogen functional groups attached to an aromatic ring is 1. The average Bonchev–Trinajstić information content (AvgIpc) is 2.39. The molecule has 1 saturated heterocycles. The zero-order valence-electron chi connectivity index (χ0n) is 11.8. The van der Waals surface area contributed by atoms with E-state index in [9.17, 15) is 0 Å². The van der Waals surface area contributed by atoms with Crippen molar-refractivity contribution in [2.24, 2.45) is 5.73 Å². The first-order chi connectivity index (χ1) is 9.06. The van der Waals surface area contributed by atoms with E-state index in [4.69, 9.17) is 11.1 Å². The molecule has 2 heterocycles. The van der Waals surface area contributed by atoms with Crippen molar-refractivity contribution < 1.29 is 0 Å². The van der Waals surface area contributed by atoms with E-state index in [2.05, 4.69) is 28.6 Å². The highest BCUT2D eigenvalue weighted by Crippen LogP contribution is 2.10. The van der Waals surface area contributed by atoms with E-state index >= 15 is 0 Å². The second-order valence-corrected chi connectivity index (χ2v) is 5.37. The molecule has 0 saturated carbocycles. The molecule has 2 rings (SSSR count). The van der Waals surface area contributed by atoms with Crippen LogP contribution in [-0.2, 0) is 6.54 Å². The van der Waals surface area contributed by atoms with Crippen molar-refractivity contribution in [3.63, 3.8) is 0 Å². The smallest absolute Gasteiger partial charge is 0.141 e. The predicted octanol–water partition coefficient (Wildman–Crippen LogP) is 0.892. The van der Waals surface area contributed by atoms with Crippen molar-refractivity contribution in [2.45, 2.75) is 26.4 Å². The van der Waals surface area contributed by atoms with Crippen LogP contribution in [-0.4, -0.2) is 52.8 Å². The molecule has 0 spiro atoms. The Bertz CT molecular complexity index is 435. The van der Waals surface area contributed by atoms with Gasteiger partial charge in [-0.2, -0.15) is 0 Å². The highest BCUT2D eigenvalue weighted by Gasteiger charge is 2.18. The van der Waals surface area contributed by atoms with Gasteiger partial charge in [-0.15, -0.1) is 0 Å². The lowest BCUT2D eigenvalue weighted by atomic mass is 10.2. The van der Waals surface area contributed by atoms with E-state index in [1.165, 1.54) is 5.56 Å². The summed E-state index contributed by atoms with van der Waals surface area (Å²) in [5.41, 5.74) is 7.21. The number of hydrogen-bond acceptors (Lipinski definition) is 4. The summed E-state index contributed by atoms with van der Waals surface area (Å²) in [6, 6.07) is 4.55. The monoisotopic (exact) mass is 261 g/mol. The maximum absolute atomic E-state index is 7.42. The molecule has 0 bridgehead atoms. The van der Waals surface area contributed by atoms with E-state index in [1.807, 2.05) is 12.1 Å². The highest BCUT2D eigenvalue weighted by molar-refractivity contribution is 5.93. The highest BCUT2D eigenvalue weighted by atomic mass is 15.3. The second kappa shape index (κ2) is 6.12. The van der Waals surface area contributed by atoms with Gasteiger partial charge in [-0.1, -0.05) is 0 Å². The zero-order valence-corrected chi connectivity index (χ0v) is 11.8. The minimum atomic E-state index is 0.0338. The molecule has 0 amide bonds. The molecule has 0 unspecified atom stereocenters. The molecule has 104 valence electrons. The molecule has 1 aliphatic heterocycles. The molecule has 5 nitrogen and oxygen atoms in total. The predicted molar refractivity (Wildman–Crippen MR) is 77.2 cm³/mol. The Morgan fingerprint density at radius 3 is 2.63 bits per heavy atom. The van der Waals surface area contributed by atoms with Gasteiger partial charge in [0.1, 0.15) is 11.5 Å². The van der Waals surface area contributed by atoms with Crippen LogP contribution < -0.4 is 5.73 Å². The summed E-state index contributed by atoms with van der Waals surface area (Å²) in [5.74, 6) is 0.0338. The molecule has 1 aliphatic rings. The van der Waals surface area contributed by atoms with Crippen LogP contribution in [0.5, 0.6) is 0 Å². The summed E-state index contributed by atoms with van der Waals surface area (Å²) in [5, 5.41) is 7.42. The number of nitrogens with one attached hydrogen (secondary N) is 1. The lowest BCUT2D eigenvalue weighted by molar-refractivity contribution is 0.104. The number of aromatic nitrogens is 1. The van der Waals surface area contributed by atoms with Gasteiger partial charge in [0.2, 0.25) is 0 Å². The molecule has 3 N–H and O–H groups in total. The number of amidine groups is 1. The fourth-order valence-corrected chi connectivity index (χ4v) is 2.42. The minimum absolute atomic E-state index is 0.0338. The van der Waals surface area contributed by atoms with Crippen LogP contribution in [0, 0.1) is 5.41 Å². The number of piperazine rings is 1. The van der Waals surface area contributed by atoms with Crippen LogP contribution in [0.1, 0.15) is 25.1 Å². The number of pyridine rings is 1. The zero-order chi connectivity index (χ0) is 13.8. The fraction of sp³-hybridized carbons (Fsp3) is 0.571. The lowest BCUT2D eigenvalue weighted by Gasteiger charge is -2.36. The Balaban J connectivity index is 1.92. The largest absolute Gasteiger partial charge is 0.382 e. The molecule has 1 fully saturated rings. The van der Waals surface area contributed by atoms with Gasteiger partial charge in [0.05, 0.1) is 0 Å². The van der Waals surface area contributed by atoms with Crippen molar-refractivity contribution in [3.05, 3.63) is 29.6 Å². The first-order valence-electron chi connectivity index (χ1n) is 6.82. The van der Waals surface area contributed by atoms with Crippen LogP contribution in [0.4, 0.5) is 0 Å². The summed E-state index contributed by atoms with van der Waals surface area (Å²) in [7, 11) is 0. The molecule has 5 heteroatoms. The van der Waals surface area contributed by atoms with Crippen molar-refractivity contribution in [3.8, 4) is 0 Å². The van der Waals surface area contributed by atoms with Crippen LogP contribution >= 0.6 is 0 Å². The number of nitrogens with zero attached hydrogens (tertiary/aromatic N) is 3. The third-order valence-corrected chi connectivity index (χ3v) is 3.64. The molecule has 1 aromatic rings. The van der Waals surface area contributed by atoms with Gasteiger partial charge in [0.15, 0.2) is 0 Å². The first-order valence-corrected chi connectivity index (χ1v) is 6.82. The van der Waals surface area contributed by atoms with Crippen LogP contribution in [0.3, 0.4) is 0 Å². The molecule has 0 aliphatic carbocycles. The van der Waals surface area contributed by atoms with Crippen molar-refractivity contribution in [1.82, 2.24) is 14.8 Å². The van der Waals surface area contributed by atoms with Crippen LogP contribution in [0.2, 0.25) is 0 Å². The first kappa shape index (κ1) is 14.0. The van der Waals surface area contributed by atoms with E-state index in [1.54, 1.807) is 6.20 Å². The van der Waals surface area contributed by atoms with Gasteiger partial charge in [-0.3, -0.25) is 20.2 Å². The van der Waals surface area contributed by atoms with Crippen LogP contribution in [0.15, 0.2) is 18.3 Å². The van der Waals surface area contributed by atoms with Gasteiger partial charge >= 0.3 is 0 Å². The Labute approximate surface area is 114 Å². The van der Waals surface area contributed by atoms with Crippen LogP contribution in [0.25, 0.3) is 0 Å². The number of nitrogens with two attached hydrogens (primary N) is 1. The van der Waals surface area contributed by atoms with E-state index in [-0.39, 0.29) is 5.84 Å². The summed E-state index contributed by atoms with van der Waals surface area (Å²) in [4.78, 5) is 9.04. The Morgan fingerprint density at radius 2 is 2.05 bits per heavy atom. The average molecular weight is 261 g/mol. The number of rotatable bonds is 4. The van der Waals surface area contributed by atoms with E-state index < -0.39 is 0 Å². The fourth-order valence-electron chi connectivity index (χ4n) is 2.42. The number of hydrogen-bond donors (Lipinski definition) is 2. The Morgan fingerprint density at radius 1 is 1.37 bits per heavy atom. The molecule has 0 radical (unpaired) electrons. The van der Waals surface area contributed by atoms with Gasteiger partial charge < -0.3 is 5.73 Å². The quantitative estimate of drug-likeness (QED) is 0.624. The topological polar surface area (TPSA) is 69.2 Å². The molecule has 0 atom stereocenters. The third-order valence-electron chi connectivity index (χ3n) is 3.64. The van der Waals surface area contributed by atoms with Crippen molar-refractivity contribution in [1.29, 1.82) is 5.41 Å². The molecular formula is C14H23N5. The van der Waals surface area contributed by atoms with E-state index in [0.717, 1.165) is 32.7 Å². The standard InChI is InChI=1S/C14H23N5/c1-11(2)19-7-5-18(6-8-19)10-12-3-4-17-13(9-12)14(15)16/h3-4,9,11H,5-8,10H2,1-2H3,(H3,15,16). The summed E-state index contributed by atoms with van der Waals surface area (Å²) >= 11 is 0. The second-order valence-electron chi connectivity index (χ2n) is 5.37. The van der Waals surface area contributed by atoms with Gasteiger partial charge in [-0.05, 0) is 31.5 Å². The normalized spacial score (nSPS) is 17.8. The molecule has 19 heavy (non-hydrogen) atoms.